The largest absolute Gasteiger partial charge is 0.389 e. The molecule has 96 valence electrons. The second kappa shape index (κ2) is 6.00. The topological polar surface area (TPSA) is 26.0 Å². The fourth-order valence-corrected chi connectivity index (χ4v) is 1.63. The molecule has 1 unspecified atom stereocenters. The zero-order valence-electron chi connectivity index (χ0n) is 9.30. The molecule has 0 fully saturated rings. The van der Waals surface area contributed by atoms with Crippen LogP contribution in [0, 0.1) is 5.82 Å². The lowest BCUT2D eigenvalue weighted by Gasteiger charge is -2.12. The van der Waals surface area contributed by atoms with Crippen LogP contribution in [-0.2, 0) is 6.42 Å². The molecule has 0 saturated heterocycles. The Balaban J connectivity index is 2.32. The minimum absolute atomic E-state index is 0.0139. The molecule has 0 heterocycles. The van der Waals surface area contributed by atoms with Crippen molar-refractivity contribution in [1.29, 1.82) is 0 Å². The van der Waals surface area contributed by atoms with Gasteiger partial charge >= 0.3 is 6.18 Å². The highest BCUT2D eigenvalue weighted by molar-refractivity contribution is 5.17. The van der Waals surface area contributed by atoms with Crippen molar-refractivity contribution in [2.75, 3.05) is 0 Å². The second-order valence-electron chi connectivity index (χ2n) is 4.10. The quantitative estimate of drug-likeness (QED) is 0.795. The molecule has 0 aromatic heterocycles. The van der Waals surface area contributed by atoms with Gasteiger partial charge in [-0.3, -0.25) is 0 Å². The maximum Gasteiger partial charge on any atom is 0.389 e. The van der Waals surface area contributed by atoms with Crippen molar-refractivity contribution in [3.8, 4) is 0 Å². The van der Waals surface area contributed by atoms with E-state index in [-0.39, 0.29) is 24.7 Å². The predicted octanol–water partition coefficient (Wildman–Crippen LogP) is 3.43. The molecule has 1 rings (SSSR count). The molecule has 0 bridgehead atoms. The summed E-state index contributed by atoms with van der Waals surface area (Å²) in [5, 5.41) is 0. The van der Waals surface area contributed by atoms with Gasteiger partial charge in [0.15, 0.2) is 0 Å². The Kier molecular flexibility index (Phi) is 4.93. The van der Waals surface area contributed by atoms with Crippen molar-refractivity contribution >= 4 is 0 Å². The molecule has 17 heavy (non-hydrogen) atoms. The number of benzene rings is 1. The monoisotopic (exact) mass is 249 g/mol. The summed E-state index contributed by atoms with van der Waals surface area (Å²) < 4.78 is 48.5. The molecule has 0 aliphatic heterocycles. The first-order chi connectivity index (χ1) is 7.87. The molecule has 1 nitrogen and oxygen atoms in total. The average Bonchev–Trinajstić information content (AvgIpc) is 2.15. The fourth-order valence-electron chi connectivity index (χ4n) is 1.63. The minimum Gasteiger partial charge on any atom is -0.327 e. The summed E-state index contributed by atoms with van der Waals surface area (Å²) in [6.07, 6.45) is -4.24. The molecular weight excluding hydrogens is 234 g/mol. The molecular formula is C12H15F4N. The normalized spacial score (nSPS) is 13.7. The van der Waals surface area contributed by atoms with E-state index in [1.54, 1.807) is 12.1 Å². The van der Waals surface area contributed by atoms with Gasteiger partial charge in [-0.2, -0.15) is 13.2 Å². The maximum absolute atomic E-state index is 12.8. The van der Waals surface area contributed by atoms with Gasteiger partial charge < -0.3 is 5.73 Å². The molecule has 5 heteroatoms. The van der Waals surface area contributed by atoms with E-state index in [1.807, 2.05) is 0 Å². The van der Waals surface area contributed by atoms with Crippen LogP contribution in [0.2, 0.25) is 0 Å². The molecule has 0 saturated carbocycles. The number of alkyl halides is 3. The molecule has 1 aromatic carbocycles. The van der Waals surface area contributed by atoms with Gasteiger partial charge in [0.05, 0.1) is 0 Å². The summed E-state index contributed by atoms with van der Waals surface area (Å²) in [6, 6.07) is 5.58. The molecule has 1 aromatic rings. The van der Waals surface area contributed by atoms with Crippen molar-refractivity contribution < 1.29 is 17.6 Å². The van der Waals surface area contributed by atoms with Crippen LogP contribution in [0.5, 0.6) is 0 Å². The van der Waals surface area contributed by atoms with E-state index in [0.717, 1.165) is 0 Å². The number of hydrogen-bond acceptors (Lipinski definition) is 1. The van der Waals surface area contributed by atoms with Gasteiger partial charge in [0.1, 0.15) is 5.82 Å². The number of nitrogens with two attached hydrogens (primary N) is 1. The Labute approximate surface area is 97.6 Å². The third-order valence-corrected chi connectivity index (χ3v) is 2.42. The highest BCUT2D eigenvalue weighted by Gasteiger charge is 2.26. The van der Waals surface area contributed by atoms with Crippen molar-refractivity contribution in [3.63, 3.8) is 0 Å². The summed E-state index contributed by atoms with van der Waals surface area (Å²) in [5.74, 6) is -0.356. The smallest absolute Gasteiger partial charge is 0.327 e. The van der Waals surface area contributed by atoms with Gasteiger partial charge in [-0.25, -0.2) is 4.39 Å². The Hall–Kier alpha value is -1.10. The highest BCUT2D eigenvalue weighted by Crippen LogP contribution is 2.22. The number of hydrogen-bond donors (Lipinski definition) is 1. The Morgan fingerprint density at radius 2 is 1.94 bits per heavy atom. The lowest BCUT2D eigenvalue weighted by atomic mass is 10.0. The van der Waals surface area contributed by atoms with Crippen LogP contribution < -0.4 is 5.73 Å². The zero-order valence-corrected chi connectivity index (χ0v) is 9.30. The third-order valence-electron chi connectivity index (χ3n) is 2.42. The average molecular weight is 249 g/mol. The van der Waals surface area contributed by atoms with Gasteiger partial charge in [-0.1, -0.05) is 12.1 Å². The first-order valence-corrected chi connectivity index (χ1v) is 5.43. The van der Waals surface area contributed by atoms with E-state index < -0.39 is 12.6 Å². The van der Waals surface area contributed by atoms with Crippen molar-refractivity contribution in [2.24, 2.45) is 5.73 Å². The minimum atomic E-state index is -4.13. The maximum atomic E-state index is 12.8. The van der Waals surface area contributed by atoms with Crippen molar-refractivity contribution in [3.05, 3.63) is 35.6 Å². The lowest BCUT2D eigenvalue weighted by molar-refractivity contribution is -0.135. The van der Waals surface area contributed by atoms with E-state index in [4.69, 9.17) is 5.73 Å². The van der Waals surface area contributed by atoms with E-state index in [0.29, 0.717) is 12.0 Å². The summed E-state index contributed by atoms with van der Waals surface area (Å²) in [5.41, 5.74) is 6.41. The van der Waals surface area contributed by atoms with Crippen LogP contribution in [0.4, 0.5) is 17.6 Å². The van der Waals surface area contributed by atoms with Crippen LogP contribution in [-0.4, -0.2) is 12.2 Å². The summed E-state index contributed by atoms with van der Waals surface area (Å²) in [6.45, 7) is 0. The lowest BCUT2D eigenvalue weighted by Crippen LogP contribution is -2.23. The van der Waals surface area contributed by atoms with E-state index in [9.17, 15) is 17.6 Å². The van der Waals surface area contributed by atoms with Crippen LogP contribution in [0.15, 0.2) is 24.3 Å². The molecule has 0 spiro atoms. The molecule has 1 atom stereocenters. The van der Waals surface area contributed by atoms with E-state index in [2.05, 4.69) is 0 Å². The molecule has 0 amide bonds. The van der Waals surface area contributed by atoms with E-state index in [1.165, 1.54) is 12.1 Å². The van der Waals surface area contributed by atoms with Crippen molar-refractivity contribution in [1.82, 2.24) is 0 Å². The van der Waals surface area contributed by atoms with Crippen LogP contribution >= 0.6 is 0 Å². The van der Waals surface area contributed by atoms with Gasteiger partial charge in [0.25, 0.3) is 0 Å². The number of halogens is 4. The SMILES string of the molecule is NC(CCCC(F)(F)F)Cc1cccc(F)c1. The molecule has 0 aliphatic carbocycles. The Morgan fingerprint density at radius 1 is 1.24 bits per heavy atom. The van der Waals surface area contributed by atoms with Crippen LogP contribution in [0.25, 0.3) is 0 Å². The Bertz CT molecular complexity index is 349. The standard InChI is InChI=1S/C12H15F4N/c13-10-4-1-3-9(7-10)8-11(17)5-2-6-12(14,15)16/h1,3-4,7,11H,2,5-6,8,17H2. The third kappa shape index (κ3) is 6.26. The first kappa shape index (κ1) is 14.0. The molecule has 0 aliphatic rings. The van der Waals surface area contributed by atoms with Gasteiger partial charge in [0.2, 0.25) is 0 Å². The second-order valence-corrected chi connectivity index (χ2v) is 4.10. The van der Waals surface area contributed by atoms with Crippen LogP contribution in [0.1, 0.15) is 24.8 Å². The van der Waals surface area contributed by atoms with Gasteiger partial charge in [-0.15, -0.1) is 0 Å². The van der Waals surface area contributed by atoms with Gasteiger partial charge in [0, 0.05) is 12.5 Å². The Morgan fingerprint density at radius 3 is 2.53 bits per heavy atom. The number of rotatable bonds is 5. The molecule has 2 N–H and O–H groups in total. The van der Waals surface area contributed by atoms with Crippen LogP contribution in [0.3, 0.4) is 0 Å². The predicted molar refractivity (Wildman–Crippen MR) is 58.0 cm³/mol. The summed E-state index contributed by atoms with van der Waals surface area (Å²) in [4.78, 5) is 0. The zero-order chi connectivity index (χ0) is 12.9. The first-order valence-electron chi connectivity index (χ1n) is 5.43. The van der Waals surface area contributed by atoms with Crippen molar-refractivity contribution in [2.45, 2.75) is 37.9 Å². The fraction of sp³-hybridized carbons (Fsp3) is 0.500. The molecule has 0 radical (unpaired) electrons. The van der Waals surface area contributed by atoms with E-state index >= 15 is 0 Å². The summed E-state index contributed by atoms with van der Waals surface area (Å²) >= 11 is 0. The highest BCUT2D eigenvalue weighted by atomic mass is 19.4. The summed E-state index contributed by atoms with van der Waals surface area (Å²) in [7, 11) is 0. The van der Waals surface area contributed by atoms with Gasteiger partial charge in [-0.05, 0) is 37.0 Å².